The van der Waals surface area contributed by atoms with Crippen LogP contribution in [0.25, 0.3) is 0 Å². The van der Waals surface area contributed by atoms with Crippen LogP contribution >= 0.6 is 0 Å². The maximum absolute atomic E-state index is 12.6. The fourth-order valence-electron chi connectivity index (χ4n) is 4.48. The number of hydrogen-bond donors (Lipinski definition) is 0. The van der Waals surface area contributed by atoms with Crippen molar-refractivity contribution in [2.45, 2.75) is 52.4 Å². The average molecular weight is 378 g/mol. The summed E-state index contributed by atoms with van der Waals surface area (Å²) in [5.41, 5.74) is 5.70. The van der Waals surface area contributed by atoms with Gasteiger partial charge in [0.15, 0.2) is 18.2 Å². The van der Waals surface area contributed by atoms with E-state index in [2.05, 4.69) is 6.92 Å². The fourth-order valence-corrected chi connectivity index (χ4v) is 4.48. The van der Waals surface area contributed by atoms with Crippen LogP contribution in [-0.4, -0.2) is 24.1 Å². The maximum Gasteiger partial charge on any atom is 0.313 e. The van der Waals surface area contributed by atoms with Gasteiger partial charge in [0.25, 0.3) is 0 Å². The number of carbonyl (C=O) groups is 3. The number of ketones is 2. The molecule has 4 heteroatoms. The molecular weight excluding hydrogens is 352 g/mol. The number of hydrogen-bond acceptors (Lipinski definition) is 4. The first-order chi connectivity index (χ1) is 13.5. The lowest BCUT2D eigenvalue weighted by molar-refractivity contribution is -0.149. The van der Waals surface area contributed by atoms with Crippen LogP contribution in [0.5, 0.6) is 0 Å². The number of rotatable bonds is 4. The zero-order chi connectivity index (χ0) is 19.8. The standard InChI is InChI=1S/C24H26O4/c1-14-7-8-16(11-15(14)2)22(25)13-28-24(27)17-9-10-20-21(12-17)18-5-3-4-6-19(18)23(20)26/h8-11,14,17H,3-7,12-13H2,1-2H3. The van der Waals surface area contributed by atoms with Crippen LogP contribution in [0.1, 0.15) is 52.4 Å². The summed E-state index contributed by atoms with van der Waals surface area (Å²) in [6.45, 7) is 3.92. The summed E-state index contributed by atoms with van der Waals surface area (Å²) in [5.74, 6) is -0.386. The van der Waals surface area contributed by atoms with Gasteiger partial charge in [0, 0.05) is 16.7 Å². The summed E-state index contributed by atoms with van der Waals surface area (Å²) >= 11 is 0. The fraction of sp³-hybridized carbons (Fsp3) is 0.458. The third-order valence-corrected chi connectivity index (χ3v) is 6.42. The number of esters is 1. The van der Waals surface area contributed by atoms with Crippen molar-refractivity contribution in [1.82, 2.24) is 0 Å². The van der Waals surface area contributed by atoms with Gasteiger partial charge < -0.3 is 4.74 Å². The Morgan fingerprint density at radius 2 is 1.89 bits per heavy atom. The normalized spacial score (nSPS) is 26.6. The SMILES string of the molecule is CC1=CC(C(=O)COC(=O)C2C=CC3=C(C2)C2=C(CCCC2)C3=O)=CCC1C. The summed E-state index contributed by atoms with van der Waals surface area (Å²) < 4.78 is 5.34. The van der Waals surface area contributed by atoms with Crippen LogP contribution < -0.4 is 0 Å². The molecule has 0 saturated heterocycles. The van der Waals surface area contributed by atoms with Gasteiger partial charge in [-0.1, -0.05) is 36.8 Å². The Balaban J connectivity index is 1.38. The Morgan fingerprint density at radius 1 is 1.14 bits per heavy atom. The molecule has 4 aliphatic rings. The highest BCUT2D eigenvalue weighted by atomic mass is 16.5. The molecule has 4 nitrogen and oxygen atoms in total. The van der Waals surface area contributed by atoms with Crippen molar-refractivity contribution in [3.05, 3.63) is 57.7 Å². The van der Waals surface area contributed by atoms with Crippen molar-refractivity contribution in [2.24, 2.45) is 11.8 Å². The number of allylic oxidation sites excluding steroid dienone is 8. The third-order valence-electron chi connectivity index (χ3n) is 6.42. The minimum atomic E-state index is -0.425. The molecule has 0 aromatic heterocycles. The summed E-state index contributed by atoms with van der Waals surface area (Å²) in [5, 5.41) is 0. The average Bonchev–Trinajstić information content (AvgIpc) is 3.00. The summed E-state index contributed by atoms with van der Waals surface area (Å²) in [6.07, 6.45) is 12.6. The summed E-state index contributed by atoms with van der Waals surface area (Å²) in [7, 11) is 0. The van der Waals surface area contributed by atoms with Gasteiger partial charge in [0.2, 0.25) is 0 Å². The maximum atomic E-state index is 12.6. The van der Waals surface area contributed by atoms with Gasteiger partial charge in [-0.05, 0) is 62.5 Å². The highest BCUT2D eigenvalue weighted by Crippen LogP contribution is 2.44. The van der Waals surface area contributed by atoms with E-state index < -0.39 is 5.92 Å². The molecule has 0 aromatic rings. The van der Waals surface area contributed by atoms with Gasteiger partial charge in [-0.3, -0.25) is 14.4 Å². The molecule has 4 aliphatic carbocycles. The van der Waals surface area contributed by atoms with Crippen LogP contribution in [0.15, 0.2) is 57.7 Å². The van der Waals surface area contributed by atoms with E-state index in [9.17, 15) is 14.4 Å². The van der Waals surface area contributed by atoms with Crippen molar-refractivity contribution in [2.75, 3.05) is 6.61 Å². The first kappa shape index (κ1) is 18.9. The molecule has 0 heterocycles. The Hall–Kier alpha value is -2.49. The van der Waals surface area contributed by atoms with Gasteiger partial charge in [-0.25, -0.2) is 0 Å². The lowest BCUT2D eigenvalue weighted by Gasteiger charge is -2.21. The number of ether oxygens (including phenoxy) is 1. The van der Waals surface area contributed by atoms with Crippen molar-refractivity contribution in [1.29, 1.82) is 0 Å². The first-order valence-corrected chi connectivity index (χ1v) is 10.2. The van der Waals surface area contributed by atoms with E-state index in [1.54, 1.807) is 12.2 Å². The molecule has 0 aliphatic heterocycles. The Morgan fingerprint density at radius 3 is 2.64 bits per heavy atom. The zero-order valence-electron chi connectivity index (χ0n) is 16.5. The second-order valence-corrected chi connectivity index (χ2v) is 8.27. The zero-order valence-corrected chi connectivity index (χ0v) is 16.5. The van der Waals surface area contributed by atoms with E-state index in [0.29, 0.717) is 17.9 Å². The van der Waals surface area contributed by atoms with Gasteiger partial charge in [-0.15, -0.1) is 0 Å². The van der Waals surface area contributed by atoms with Gasteiger partial charge >= 0.3 is 5.97 Å². The minimum absolute atomic E-state index is 0.142. The second kappa shape index (κ2) is 7.50. The van der Waals surface area contributed by atoms with Gasteiger partial charge in [-0.2, -0.15) is 0 Å². The predicted molar refractivity (Wildman–Crippen MR) is 106 cm³/mol. The third kappa shape index (κ3) is 3.36. The summed E-state index contributed by atoms with van der Waals surface area (Å²) in [4.78, 5) is 37.5. The molecule has 0 aromatic carbocycles. The van der Waals surface area contributed by atoms with Crippen molar-refractivity contribution < 1.29 is 19.1 Å². The molecule has 0 fully saturated rings. The number of Topliss-reactive ketones (excluding diaryl/α,β-unsaturated/α-hetero) is 2. The molecule has 2 atom stereocenters. The van der Waals surface area contributed by atoms with E-state index in [-0.39, 0.29) is 24.1 Å². The molecule has 0 saturated carbocycles. The number of carbonyl (C=O) groups excluding carboxylic acids is 3. The van der Waals surface area contributed by atoms with Crippen LogP contribution in [0.3, 0.4) is 0 Å². The molecule has 0 radical (unpaired) electrons. The molecule has 28 heavy (non-hydrogen) atoms. The van der Waals surface area contributed by atoms with Crippen LogP contribution in [0.2, 0.25) is 0 Å². The van der Waals surface area contributed by atoms with E-state index in [0.717, 1.165) is 54.4 Å². The molecule has 146 valence electrons. The first-order valence-electron chi connectivity index (χ1n) is 10.2. The van der Waals surface area contributed by atoms with Gasteiger partial charge in [0.1, 0.15) is 0 Å². The molecular formula is C24H26O4. The van der Waals surface area contributed by atoms with Crippen molar-refractivity contribution >= 4 is 17.5 Å². The summed E-state index contributed by atoms with van der Waals surface area (Å²) in [6, 6.07) is 0. The second-order valence-electron chi connectivity index (χ2n) is 8.27. The smallest absolute Gasteiger partial charge is 0.313 e. The van der Waals surface area contributed by atoms with Crippen LogP contribution in [0, 0.1) is 11.8 Å². The molecule has 2 unspecified atom stereocenters. The lowest BCUT2D eigenvalue weighted by Crippen LogP contribution is -2.23. The van der Waals surface area contributed by atoms with Crippen molar-refractivity contribution in [3.63, 3.8) is 0 Å². The molecule has 4 rings (SSSR count). The van der Waals surface area contributed by atoms with E-state index in [4.69, 9.17) is 4.74 Å². The monoisotopic (exact) mass is 378 g/mol. The van der Waals surface area contributed by atoms with Crippen LogP contribution in [-0.2, 0) is 19.1 Å². The quantitative estimate of drug-likeness (QED) is 0.683. The molecule has 0 bridgehead atoms. The highest BCUT2D eigenvalue weighted by Gasteiger charge is 2.36. The Bertz CT molecular complexity index is 907. The molecule has 0 amide bonds. The van der Waals surface area contributed by atoms with Crippen molar-refractivity contribution in [3.8, 4) is 0 Å². The van der Waals surface area contributed by atoms with Gasteiger partial charge in [0.05, 0.1) is 5.92 Å². The Kier molecular flexibility index (Phi) is 5.05. The Labute approximate surface area is 165 Å². The van der Waals surface area contributed by atoms with E-state index >= 15 is 0 Å². The van der Waals surface area contributed by atoms with E-state index in [1.807, 2.05) is 19.1 Å². The highest BCUT2D eigenvalue weighted by molar-refractivity contribution is 6.15. The number of fused-ring (bicyclic) bond motifs is 1. The molecule has 0 N–H and O–H groups in total. The van der Waals surface area contributed by atoms with E-state index in [1.165, 1.54) is 5.57 Å². The largest absolute Gasteiger partial charge is 0.457 e. The predicted octanol–water partition coefficient (Wildman–Crippen LogP) is 4.34. The molecule has 0 spiro atoms. The lowest BCUT2D eigenvalue weighted by atomic mass is 9.85. The topological polar surface area (TPSA) is 60.4 Å². The minimum Gasteiger partial charge on any atom is -0.457 e. The van der Waals surface area contributed by atoms with Crippen LogP contribution in [0.4, 0.5) is 0 Å².